The summed E-state index contributed by atoms with van der Waals surface area (Å²) in [5, 5.41) is 67.5. The van der Waals surface area contributed by atoms with Gasteiger partial charge in [-0.15, -0.1) is 0 Å². The van der Waals surface area contributed by atoms with Crippen LogP contribution in [0.25, 0.3) is 11.0 Å². The lowest BCUT2D eigenvalue weighted by atomic mass is 10.1. The number of nitrogens with one attached hydrogen (secondary N) is 1. The quantitative estimate of drug-likeness (QED) is 0.0192. The van der Waals surface area contributed by atoms with Gasteiger partial charge in [0.05, 0.1) is 69.0 Å². The van der Waals surface area contributed by atoms with Gasteiger partial charge in [0.25, 0.3) is 11.4 Å². The molecule has 0 bridgehead atoms. The van der Waals surface area contributed by atoms with Crippen molar-refractivity contribution >= 4 is 190 Å². The topological polar surface area (TPSA) is 417 Å². The maximum atomic E-state index is 11.3. The summed E-state index contributed by atoms with van der Waals surface area (Å²) in [7, 11) is 0. The number of rotatable bonds is 20. The van der Waals surface area contributed by atoms with Crippen molar-refractivity contribution in [3.05, 3.63) is 297 Å². The van der Waals surface area contributed by atoms with Crippen LogP contribution >= 0.6 is 128 Å². The Labute approximate surface area is 666 Å². The number of aromatic nitrogens is 2. The summed E-state index contributed by atoms with van der Waals surface area (Å²) in [6, 6.07) is 51.2. The summed E-state index contributed by atoms with van der Waals surface area (Å²) < 4.78 is 22.4. The van der Waals surface area contributed by atoms with Crippen molar-refractivity contribution < 1.29 is 63.9 Å². The molecule has 0 radical (unpaired) electrons. The fraction of sp³-hybridized carbons (Fsp3) is 0.125. The summed E-state index contributed by atoms with van der Waals surface area (Å²) in [5.41, 5.74) is 35.5. The molecule has 11 aromatic rings. The number of fused-ring (bicyclic) bond motifs is 1. The van der Waals surface area contributed by atoms with Crippen LogP contribution in [0.3, 0.4) is 0 Å². The maximum absolute atomic E-state index is 11.3. The SMILES string of the molecule is Nc1cc(Cl)c(Cl)cc1[N+](=O)[O-].Nc1cc(Cl)c(OCc2cccc(Cl)c2)cc1N.Nc1cc(OCc2cccc(Cl)c2)c(Cl)cc1CC(=O)CO.Nc1cc(OCc2cccc(Cl)c2)c(Cl)cc1[N+](=O)[O-].O=C(O)CO.OCc1cccc(Cl)c1.OCc1nc2cc(OCc3cccc(Cl)c3)c(Cl)cc2[nH]1. The highest BCUT2D eigenvalue weighted by molar-refractivity contribution is 6.42. The van der Waals surface area contributed by atoms with E-state index in [1.165, 1.54) is 18.2 Å². The molecule has 0 aliphatic heterocycles. The van der Waals surface area contributed by atoms with E-state index in [-0.39, 0.29) is 75.6 Å². The Balaban J connectivity index is 0.000000231. The van der Waals surface area contributed by atoms with Crippen LogP contribution < -0.4 is 47.6 Å². The predicted molar refractivity (Wildman–Crippen MR) is 424 cm³/mol. The van der Waals surface area contributed by atoms with Crippen LogP contribution in [0, 0.1) is 20.2 Å². The van der Waals surface area contributed by atoms with Crippen molar-refractivity contribution in [2.24, 2.45) is 0 Å². The molecule has 0 amide bonds. The highest BCUT2D eigenvalue weighted by Crippen LogP contribution is 2.37. The highest BCUT2D eigenvalue weighted by atomic mass is 35.5. The van der Waals surface area contributed by atoms with Gasteiger partial charge in [0.1, 0.15) is 86.4 Å². The molecule has 564 valence electrons. The third-order valence-corrected chi connectivity index (χ3v) is 16.6. The van der Waals surface area contributed by atoms with E-state index in [9.17, 15) is 25.0 Å². The number of aliphatic hydroxyl groups is 4. The second kappa shape index (κ2) is 44.8. The molecule has 24 nitrogen and oxygen atoms in total. The first kappa shape index (κ1) is 88.5. The van der Waals surface area contributed by atoms with E-state index in [0.29, 0.717) is 111 Å². The van der Waals surface area contributed by atoms with Crippen molar-refractivity contribution in [3.8, 4) is 23.0 Å². The van der Waals surface area contributed by atoms with E-state index in [0.717, 1.165) is 39.4 Å². The number of ether oxygens (including phenoxy) is 4. The number of nitrogens with two attached hydrogens (primary N) is 5. The molecule has 1 aromatic heterocycles. The van der Waals surface area contributed by atoms with Gasteiger partial charge < -0.3 is 78.1 Å². The lowest BCUT2D eigenvalue weighted by molar-refractivity contribution is -0.384. The van der Waals surface area contributed by atoms with Crippen molar-refractivity contribution in [3.63, 3.8) is 0 Å². The van der Waals surface area contributed by atoms with Gasteiger partial charge >= 0.3 is 5.97 Å². The number of carboxylic acids is 1. The monoisotopic (exact) mass is 1680 g/mol. The van der Waals surface area contributed by atoms with E-state index >= 15 is 0 Å². The summed E-state index contributed by atoms with van der Waals surface area (Å²) in [5.74, 6) is 0.742. The lowest BCUT2D eigenvalue weighted by Gasteiger charge is -2.12. The van der Waals surface area contributed by atoms with Crippen molar-refractivity contribution in [1.29, 1.82) is 0 Å². The molecule has 0 spiro atoms. The number of carbonyl (C=O) groups excluding carboxylic acids is 1. The first-order valence-electron chi connectivity index (χ1n) is 30.4. The number of hydrogen-bond acceptors (Lipinski definition) is 20. The molecule has 0 aliphatic rings. The molecule has 0 saturated carbocycles. The molecule has 16 N–H and O–H groups in total. The lowest BCUT2D eigenvalue weighted by Crippen LogP contribution is -2.09. The number of aliphatic carboxylic acids is 1. The minimum absolute atomic E-state index is 0.000457. The minimum Gasteiger partial charge on any atom is -0.487 e. The summed E-state index contributed by atoms with van der Waals surface area (Å²) in [6.07, 6.45) is 0.0383. The molecule has 0 fully saturated rings. The van der Waals surface area contributed by atoms with E-state index in [2.05, 4.69) is 9.97 Å². The molecular formula is C72H64Cl11N9O15. The number of ketones is 1. The van der Waals surface area contributed by atoms with Crippen LogP contribution in [-0.4, -0.2) is 70.3 Å². The normalized spacial score (nSPS) is 10.2. The highest BCUT2D eigenvalue weighted by Gasteiger charge is 2.18. The number of carboxylic acid groups (broad SMARTS) is 1. The van der Waals surface area contributed by atoms with Gasteiger partial charge in [-0.25, -0.2) is 9.78 Å². The Bertz CT molecular complexity index is 4860. The maximum Gasteiger partial charge on any atom is 0.329 e. The zero-order chi connectivity index (χ0) is 79.0. The number of anilines is 5. The number of aliphatic hydroxyl groups excluding tert-OH is 4. The number of H-pyrrole nitrogens is 1. The Hall–Kier alpha value is -9.16. The average molecular weight is 1690 g/mol. The fourth-order valence-electron chi connectivity index (χ4n) is 8.41. The van der Waals surface area contributed by atoms with Gasteiger partial charge in [0.2, 0.25) is 0 Å². The van der Waals surface area contributed by atoms with Crippen molar-refractivity contribution in [2.75, 3.05) is 41.9 Å². The Morgan fingerprint density at radius 1 is 0.402 bits per heavy atom. The number of Topliss-reactive ketones (excluding diaryl/α,β-unsaturated/α-hetero) is 1. The molecule has 35 heteroatoms. The number of nitro benzene ring substituents is 2. The number of carbonyl (C=O) groups is 2. The van der Waals surface area contributed by atoms with Crippen LogP contribution in [0.15, 0.2) is 182 Å². The van der Waals surface area contributed by atoms with Crippen LogP contribution in [0.5, 0.6) is 23.0 Å². The fourth-order valence-corrected chi connectivity index (χ4v) is 10.7. The number of imidazole rings is 1. The second-order valence-electron chi connectivity index (χ2n) is 21.6. The number of aromatic amines is 1. The molecule has 0 unspecified atom stereocenters. The Morgan fingerprint density at radius 2 is 0.729 bits per heavy atom. The van der Waals surface area contributed by atoms with Gasteiger partial charge in [-0.05, 0) is 118 Å². The van der Waals surface area contributed by atoms with Gasteiger partial charge in [-0.3, -0.25) is 25.0 Å². The molecule has 1 heterocycles. The van der Waals surface area contributed by atoms with E-state index < -0.39 is 29.0 Å². The Kier molecular flexibility index (Phi) is 37.1. The van der Waals surface area contributed by atoms with Gasteiger partial charge in [-0.1, -0.05) is 188 Å². The summed E-state index contributed by atoms with van der Waals surface area (Å²) >= 11 is 64.6. The number of hydrogen-bond donors (Lipinski definition) is 11. The smallest absolute Gasteiger partial charge is 0.329 e. The second-order valence-corrected chi connectivity index (χ2v) is 26.2. The molecule has 11 rings (SSSR count). The summed E-state index contributed by atoms with van der Waals surface area (Å²) in [4.78, 5) is 47.4. The number of halogens is 11. The number of nitrogens with zero attached hydrogens (tertiary/aromatic N) is 3. The molecule has 107 heavy (non-hydrogen) atoms. The van der Waals surface area contributed by atoms with Gasteiger partial charge in [0.15, 0.2) is 5.78 Å². The molecular weight excluding hydrogens is 1620 g/mol. The van der Waals surface area contributed by atoms with Crippen LogP contribution in [-0.2, 0) is 55.7 Å². The van der Waals surface area contributed by atoms with Crippen molar-refractivity contribution in [2.45, 2.75) is 46.1 Å². The standard InChI is InChI=1S/C16H15Cl2NO3.C15H12Cl2N2O2.C13H10Cl2N2O3.C13H12Cl2N2O.C7H7ClO.C6H4Cl2N2O2.C2H4O3/c17-12-3-1-2-10(4-12)9-22-16-7-15(19)11(6-14(16)18)5-13(21)8-20;16-10-3-1-2-9(4-10)8-21-14-6-13-12(5-11(14)17)18-15(7-20)19-13;14-9-3-1-2-8(4-9)7-20-13-6-11(16)12(17(18)19)5-10(13)15;14-9-3-1-2-8(4-9)7-18-13-6-12(17)11(16)5-10(13)15;8-7-3-1-2-6(4-7)5-9;7-3-1-5(9)6(10(11)12)2-4(3)8;3-1-2(4)5/h1-4,6-7,20H,5,8-9,19H2;1-6,20H,7-8H2,(H,18,19);1-6H,7,16H2;1-6H,7,16-17H2;1-4,9H,5H2;1-2H,9H2;3H,1H2,(H,4,5). The Morgan fingerprint density at radius 3 is 1.11 bits per heavy atom. The zero-order valence-corrected chi connectivity index (χ0v) is 63.7. The van der Waals surface area contributed by atoms with Gasteiger partial charge in [-0.2, -0.15) is 0 Å². The van der Waals surface area contributed by atoms with E-state index in [4.69, 9.17) is 206 Å². The third-order valence-electron chi connectivity index (χ3n) is 13.5. The van der Waals surface area contributed by atoms with Crippen LogP contribution in [0.1, 0.15) is 39.2 Å². The van der Waals surface area contributed by atoms with Gasteiger partial charge in [0, 0.05) is 73.6 Å². The predicted octanol–water partition coefficient (Wildman–Crippen LogP) is 18.4. The van der Waals surface area contributed by atoms with Crippen molar-refractivity contribution in [1.82, 2.24) is 9.97 Å². The number of nitro groups is 2. The first-order chi connectivity index (χ1) is 50.8. The molecule has 10 aromatic carbocycles. The van der Waals surface area contributed by atoms with E-state index in [1.807, 2.05) is 72.8 Å². The molecule has 0 saturated heterocycles. The summed E-state index contributed by atoms with van der Waals surface area (Å²) in [6.45, 7) is -0.130. The third kappa shape index (κ3) is 30.6. The number of nitrogen functional groups attached to an aromatic ring is 5. The van der Waals surface area contributed by atoms with Crippen LogP contribution in [0.4, 0.5) is 39.8 Å². The average Bonchev–Trinajstić information content (AvgIpc) is 1.71. The van der Waals surface area contributed by atoms with Crippen LogP contribution in [0.2, 0.25) is 55.2 Å². The molecule has 0 atom stereocenters. The van der Waals surface area contributed by atoms with E-state index in [1.54, 1.807) is 84.9 Å². The minimum atomic E-state index is -1.19. The molecule has 0 aliphatic carbocycles. The number of benzene rings is 10. The first-order valence-corrected chi connectivity index (χ1v) is 34.6. The zero-order valence-electron chi connectivity index (χ0n) is 55.4. The largest absolute Gasteiger partial charge is 0.487 e.